The Labute approximate surface area is 352 Å². The highest BCUT2D eigenvalue weighted by Crippen LogP contribution is 2.40. The molecule has 58 heavy (non-hydrogen) atoms. The lowest BCUT2D eigenvalue weighted by molar-refractivity contribution is -0.166. The van der Waals surface area contributed by atoms with Gasteiger partial charge in [0.15, 0.2) is 23.8 Å². The Morgan fingerprint density at radius 1 is 0.707 bits per heavy atom. The SMILES string of the molecule is CC(C)[C@@H]1CC[C@@H](C)C[C@H]1OC(=O)[C@H]1O[C@@H](n2c(=O)sc3cnc(N)nc32)CS1.CC(C)[C@@H]1CC[C@@H](C)C[C@H]1OC(=O)[C@H]1O[C@H](n2c(=O)sc3cnc(N)nc32)CS1. The van der Waals surface area contributed by atoms with E-state index < -0.39 is 23.3 Å². The van der Waals surface area contributed by atoms with Crippen LogP contribution >= 0.6 is 46.2 Å². The van der Waals surface area contributed by atoms with Gasteiger partial charge in [-0.3, -0.25) is 18.7 Å². The molecule has 20 heteroatoms. The average molecular weight is 877 g/mol. The monoisotopic (exact) mass is 876 g/mol. The van der Waals surface area contributed by atoms with Crippen LogP contribution in [0.5, 0.6) is 0 Å². The molecule has 0 aromatic carbocycles. The molecule has 16 nitrogen and oxygen atoms in total. The minimum absolute atomic E-state index is 0.0771. The summed E-state index contributed by atoms with van der Waals surface area (Å²) in [5, 5.41) is 0. The number of nitrogen functional groups attached to an aromatic ring is 2. The van der Waals surface area contributed by atoms with Gasteiger partial charge in [-0.25, -0.2) is 19.6 Å². The van der Waals surface area contributed by atoms with Gasteiger partial charge in [0.2, 0.25) is 22.8 Å². The third kappa shape index (κ3) is 9.36. The maximum Gasteiger partial charge on any atom is 0.346 e. The second-order valence-corrected chi connectivity index (χ2v) is 20.6. The average Bonchev–Trinajstić information content (AvgIpc) is 3.96. The molecule has 0 spiro atoms. The van der Waals surface area contributed by atoms with Crippen molar-refractivity contribution in [3.05, 3.63) is 31.7 Å². The van der Waals surface area contributed by atoms with Crippen molar-refractivity contribution in [1.29, 1.82) is 0 Å². The van der Waals surface area contributed by atoms with Crippen molar-refractivity contribution in [2.75, 3.05) is 23.0 Å². The van der Waals surface area contributed by atoms with E-state index in [2.05, 4.69) is 61.5 Å². The van der Waals surface area contributed by atoms with Gasteiger partial charge in [0.25, 0.3) is 0 Å². The van der Waals surface area contributed by atoms with Gasteiger partial charge in [0.1, 0.15) is 12.2 Å². The highest BCUT2D eigenvalue weighted by atomic mass is 32.2. The Hall–Kier alpha value is -3.30. The number of nitrogens with zero attached hydrogens (tertiary/aromatic N) is 6. The number of thioether (sulfide) groups is 2. The Kier molecular flexibility index (Phi) is 13.4. The number of aromatic nitrogens is 6. The summed E-state index contributed by atoms with van der Waals surface area (Å²) in [6.45, 7) is 13.1. The predicted molar refractivity (Wildman–Crippen MR) is 227 cm³/mol. The summed E-state index contributed by atoms with van der Waals surface area (Å²) in [6.07, 6.45) is 8.02. The predicted octanol–water partition coefficient (Wildman–Crippen LogP) is 6.05. The van der Waals surface area contributed by atoms with Gasteiger partial charge in [0.05, 0.1) is 21.8 Å². The molecule has 0 amide bonds. The van der Waals surface area contributed by atoms with Crippen LogP contribution in [0.1, 0.15) is 92.5 Å². The number of rotatable bonds is 8. The molecule has 4 fully saturated rings. The van der Waals surface area contributed by atoms with Gasteiger partial charge in [-0.15, -0.1) is 23.5 Å². The molecule has 4 aliphatic rings. The maximum absolute atomic E-state index is 12.8. The van der Waals surface area contributed by atoms with E-state index in [9.17, 15) is 19.2 Å². The van der Waals surface area contributed by atoms with Crippen molar-refractivity contribution in [3.8, 4) is 0 Å². The Balaban J connectivity index is 0.000000177. The van der Waals surface area contributed by atoms with E-state index in [-0.39, 0.29) is 45.8 Å². The first-order valence-electron chi connectivity index (χ1n) is 19.9. The highest BCUT2D eigenvalue weighted by molar-refractivity contribution is 8.00. The fraction of sp³-hybridized carbons (Fsp3) is 0.684. The maximum atomic E-state index is 12.8. The number of esters is 2. The molecular weight excluding hydrogens is 825 g/mol. The van der Waals surface area contributed by atoms with Crippen molar-refractivity contribution in [2.45, 2.75) is 116 Å². The van der Waals surface area contributed by atoms with Crippen LogP contribution in [0.15, 0.2) is 22.0 Å². The molecule has 4 aromatic heterocycles. The topological polar surface area (TPSA) is 219 Å². The normalized spacial score (nSPS) is 30.1. The third-order valence-corrected chi connectivity index (χ3v) is 15.4. The summed E-state index contributed by atoms with van der Waals surface area (Å²) in [5.41, 5.74) is 10.7. The molecule has 0 radical (unpaired) electrons. The van der Waals surface area contributed by atoms with Crippen molar-refractivity contribution in [1.82, 2.24) is 29.1 Å². The zero-order valence-corrected chi connectivity index (χ0v) is 36.7. The number of hydrogen-bond acceptors (Lipinski definition) is 18. The lowest BCUT2D eigenvalue weighted by Crippen LogP contribution is -2.38. The number of fused-ring (bicyclic) bond motifs is 2. The van der Waals surface area contributed by atoms with E-state index in [0.717, 1.165) is 48.4 Å². The van der Waals surface area contributed by atoms with Crippen LogP contribution in [0.25, 0.3) is 20.7 Å². The smallest absolute Gasteiger partial charge is 0.346 e. The minimum Gasteiger partial charge on any atom is -0.459 e. The molecule has 10 atom stereocenters. The summed E-state index contributed by atoms with van der Waals surface area (Å²) < 4.78 is 27.8. The van der Waals surface area contributed by atoms with Crippen molar-refractivity contribution in [3.63, 3.8) is 0 Å². The molecule has 0 bridgehead atoms. The van der Waals surface area contributed by atoms with E-state index >= 15 is 0 Å². The molecule has 6 heterocycles. The molecule has 4 aromatic rings. The second kappa shape index (κ2) is 18.1. The van der Waals surface area contributed by atoms with E-state index in [1.54, 1.807) is 0 Å². The fourth-order valence-corrected chi connectivity index (χ4v) is 12.0. The molecule has 0 unspecified atom stereocenters. The largest absolute Gasteiger partial charge is 0.459 e. The van der Waals surface area contributed by atoms with Gasteiger partial charge in [-0.05, 0) is 61.2 Å². The van der Waals surface area contributed by atoms with Crippen molar-refractivity contribution in [2.24, 2.45) is 35.5 Å². The molecule has 2 saturated heterocycles. The van der Waals surface area contributed by atoms with E-state index in [0.29, 0.717) is 67.7 Å². The van der Waals surface area contributed by atoms with Gasteiger partial charge >= 0.3 is 21.7 Å². The zero-order valence-electron chi connectivity index (χ0n) is 33.5. The summed E-state index contributed by atoms with van der Waals surface area (Å²) in [5.74, 6) is 3.18. The molecule has 2 aliphatic carbocycles. The lowest BCUT2D eigenvalue weighted by atomic mass is 9.75. The Morgan fingerprint density at radius 3 is 1.48 bits per heavy atom. The number of carbonyl (C=O) groups is 2. The van der Waals surface area contributed by atoms with Crippen LogP contribution in [-0.2, 0) is 28.5 Å². The minimum atomic E-state index is -0.744. The molecule has 2 aliphatic heterocycles. The van der Waals surface area contributed by atoms with Gasteiger partial charge < -0.3 is 30.4 Å². The lowest BCUT2D eigenvalue weighted by Gasteiger charge is -2.37. The van der Waals surface area contributed by atoms with Crippen LogP contribution < -0.4 is 21.2 Å². The molecule has 2 saturated carbocycles. The first-order valence-corrected chi connectivity index (χ1v) is 23.6. The number of ether oxygens (including phenoxy) is 4. The summed E-state index contributed by atoms with van der Waals surface area (Å²) in [4.78, 5) is 66.3. The number of anilines is 2. The van der Waals surface area contributed by atoms with Crippen LogP contribution in [0.4, 0.5) is 11.9 Å². The third-order valence-electron chi connectivity index (χ3n) is 11.5. The van der Waals surface area contributed by atoms with E-state index in [4.69, 9.17) is 30.4 Å². The quantitative estimate of drug-likeness (QED) is 0.192. The van der Waals surface area contributed by atoms with E-state index in [1.807, 2.05) is 0 Å². The number of thiazole rings is 2. The Bertz CT molecular complexity index is 2070. The number of hydrogen-bond donors (Lipinski definition) is 2. The zero-order chi connectivity index (χ0) is 41.4. The highest BCUT2D eigenvalue weighted by Gasteiger charge is 2.41. The van der Waals surface area contributed by atoms with Gasteiger partial charge in [-0.2, -0.15) is 9.97 Å². The van der Waals surface area contributed by atoms with Crippen molar-refractivity contribution >= 4 is 90.7 Å². The molecule has 316 valence electrons. The summed E-state index contributed by atoms with van der Waals surface area (Å²) >= 11 is 4.78. The summed E-state index contributed by atoms with van der Waals surface area (Å²) in [7, 11) is 0. The first kappa shape index (κ1) is 42.8. The summed E-state index contributed by atoms with van der Waals surface area (Å²) in [6, 6.07) is 0. The first-order chi connectivity index (χ1) is 27.7. The van der Waals surface area contributed by atoms with Crippen LogP contribution in [0.2, 0.25) is 0 Å². The van der Waals surface area contributed by atoms with Crippen LogP contribution in [0.3, 0.4) is 0 Å². The van der Waals surface area contributed by atoms with Crippen molar-refractivity contribution < 1.29 is 28.5 Å². The fourth-order valence-electron chi connectivity index (χ4n) is 8.42. The second-order valence-electron chi connectivity index (χ2n) is 16.4. The number of nitrogens with two attached hydrogens (primary N) is 2. The van der Waals surface area contributed by atoms with Gasteiger partial charge in [0, 0.05) is 11.5 Å². The number of carbonyl (C=O) groups excluding carboxylic acids is 2. The standard InChI is InChI=1S/2C19H26N4O4S2/c2*1-9(2)11-5-4-10(3)6-12(11)26-16(24)17-27-14(8-28-17)23-15-13(29-19(23)25)7-21-18(20)22-15/h2*7,9-12,14,17H,4-6,8H2,1-3H3,(H2,20,21,22)/t10-,11+,12-,14+,17+;10-,11+,12-,14-,17+/m11/s1. The molecule has 4 N–H and O–H groups in total. The van der Waals surface area contributed by atoms with Crippen LogP contribution in [0, 0.1) is 35.5 Å². The van der Waals surface area contributed by atoms with E-state index in [1.165, 1.54) is 57.9 Å². The molecular formula is C38H52N8O8S4. The van der Waals surface area contributed by atoms with Crippen LogP contribution in [-0.4, -0.2) is 75.6 Å². The Morgan fingerprint density at radius 2 is 1.10 bits per heavy atom. The van der Waals surface area contributed by atoms with Gasteiger partial charge in [-0.1, -0.05) is 77.1 Å². The molecule has 8 rings (SSSR count).